The van der Waals surface area contributed by atoms with Crippen LogP contribution in [0.25, 0.3) is 10.9 Å². The second-order valence-corrected chi connectivity index (χ2v) is 4.64. The third-order valence-corrected chi connectivity index (χ3v) is 3.43. The Labute approximate surface area is 115 Å². The molecule has 0 unspecified atom stereocenters. The molecule has 0 saturated heterocycles. The van der Waals surface area contributed by atoms with Gasteiger partial charge in [0.05, 0.1) is 5.52 Å². The van der Waals surface area contributed by atoms with Gasteiger partial charge in [0.1, 0.15) is 0 Å². The van der Waals surface area contributed by atoms with Crippen LogP contribution in [0.3, 0.4) is 0 Å². The third-order valence-electron chi connectivity index (χ3n) is 3.43. The molecule has 3 rings (SSSR count). The largest absolute Gasteiger partial charge is 0.345 e. The van der Waals surface area contributed by atoms with Crippen molar-refractivity contribution in [2.24, 2.45) is 0 Å². The maximum atomic E-state index is 11.7. The predicted octanol–water partition coefficient (Wildman–Crippen LogP) is 2.32. The molecule has 0 N–H and O–H groups in total. The molecular formula is C16H14N2O2. The lowest BCUT2D eigenvalue weighted by Crippen LogP contribution is -2.20. The van der Waals surface area contributed by atoms with E-state index in [1.165, 1.54) is 0 Å². The van der Waals surface area contributed by atoms with E-state index >= 15 is 0 Å². The monoisotopic (exact) mass is 266 g/mol. The molecule has 0 aliphatic rings. The van der Waals surface area contributed by atoms with E-state index < -0.39 is 0 Å². The SMILES string of the molecule is O=Cc1cccc2ccn(CCn3ccccc3=O)c12. The first-order valence-electron chi connectivity index (χ1n) is 6.48. The lowest BCUT2D eigenvalue weighted by molar-refractivity contribution is 0.112. The molecule has 100 valence electrons. The maximum Gasteiger partial charge on any atom is 0.250 e. The zero-order valence-electron chi connectivity index (χ0n) is 10.9. The number of para-hydroxylation sites is 1. The highest BCUT2D eigenvalue weighted by atomic mass is 16.1. The Kier molecular flexibility index (Phi) is 3.21. The fourth-order valence-corrected chi connectivity index (χ4v) is 2.43. The van der Waals surface area contributed by atoms with Gasteiger partial charge >= 0.3 is 0 Å². The Hall–Kier alpha value is -2.62. The lowest BCUT2D eigenvalue weighted by Gasteiger charge is -2.09. The Morgan fingerprint density at radius 1 is 0.900 bits per heavy atom. The van der Waals surface area contributed by atoms with E-state index in [2.05, 4.69) is 0 Å². The van der Waals surface area contributed by atoms with Crippen molar-refractivity contribution in [2.75, 3.05) is 0 Å². The molecule has 0 radical (unpaired) electrons. The number of nitrogens with zero attached hydrogens (tertiary/aromatic N) is 2. The molecule has 4 nitrogen and oxygen atoms in total. The van der Waals surface area contributed by atoms with Gasteiger partial charge in [-0.15, -0.1) is 0 Å². The van der Waals surface area contributed by atoms with Crippen molar-refractivity contribution in [2.45, 2.75) is 13.1 Å². The number of hydrogen-bond acceptors (Lipinski definition) is 2. The summed E-state index contributed by atoms with van der Waals surface area (Å²) in [5.41, 5.74) is 1.58. The van der Waals surface area contributed by atoms with Crippen LogP contribution in [0.1, 0.15) is 10.4 Å². The molecular weight excluding hydrogens is 252 g/mol. The minimum atomic E-state index is -0.0143. The fraction of sp³-hybridized carbons (Fsp3) is 0.125. The van der Waals surface area contributed by atoms with Gasteiger partial charge in [0.2, 0.25) is 0 Å². The Morgan fingerprint density at radius 2 is 1.75 bits per heavy atom. The van der Waals surface area contributed by atoms with E-state index in [1.807, 2.05) is 35.0 Å². The van der Waals surface area contributed by atoms with E-state index in [0.717, 1.165) is 17.2 Å². The van der Waals surface area contributed by atoms with E-state index in [1.54, 1.807) is 29.0 Å². The van der Waals surface area contributed by atoms with Crippen molar-refractivity contribution in [1.82, 2.24) is 9.13 Å². The molecule has 2 heterocycles. The zero-order valence-corrected chi connectivity index (χ0v) is 10.9. The molecule has 2 aromatic heterocycles. The van der Waals surface area contributed by atoms with E-state index in [9.17, 15) is 9.59 Å². The van der Waals surface area contributed by atoms with Crippen molar-refractivity contribution < 1.29 is 4.79 Å². The molecule has 4 heteroatoms. The summed E-state index contributed by atoms with van der Waals surface area (Å²) in [6.45, 7) is 1.23. The summed E-state index contributed by atoms with van der Waals surface area (Å²) in [4.78, 5) is 22.8. The van der Waals surface area contributed by atoms with Gasteiger partial charge < -0.3 is 9.13 Å². The van der Waals surface area contributed by atoms with Gasteiger partial charge in [-0.2, -0.15) is 0 Å². The van der Waals surface area contributed by atoms with Crippen molar-refractivity contribution in [3.8, 4) is 0 Å². The number of aldehydes is 1. The second kappa shape index (κ2) is 5.17. The first-order chi connectivity index (χ1) is 9.79. The smallest absolute Gasteiger partial charge is 0.250 e. The first kappa shape index (κ1) is 12.4. The van der Waals surface area contributed by atoms with Gasteiger partial charge in [-0.1, -0.05) is 18.2 Å². The molecule has 0 aliphatic heterocycles. The molecule has 0 amide bonds. The van der Waals surface area contributed by atoms with E-state index in [-0.39, 0.29) is 5.56 Å². The van der Waals surface area contributed by atoms with Crippen molar-refractivity contribution in [1.29, 1.82) is 0 Å². The molecule has 0 bridgehead atoms. The van der Waals surface area contributed by atoms with Crippen LogP contribution in [0, 0.1) is 0 Å². The van der Waals surface area contributed by atoms with Crippen molar-refractivity contribution in [3.05, 3.63) is 70.8 Å². The van der Waals surface area contributed by atoms with Crippen LogP contribution >= 0.6 is 0 Å². The number of fused-ring (bicyclic) bond motifs is 1. The fourth-order valence-electron chi connectivity index (χ4n) is 2.43. The highest BCUT2D eigenvalue weighted by Gasteiger charge is 2.06. The average Bonchev–Trinajstić information content (AvgIpc) is 2.90. The van der Waals surface area contributed by atoms with Crippen LogP contribution in [0.2, 0.25) is 0 Å². The lowest BCUT2D eigenvalue weighted by atomic mass is 10.1. The highest BCUT2D eigenvalue weighted by molar-refractivity contribution is 5.96. The van der Waals surface area contributed by atoms with E-state index in [0.29, 0.717) is 18.7 Å². The van der Waals surface area contributed by atoms with Gasteiger partial charge in [-0.05, 0) is 18.2 Å². The van der Waals surface area contributed by atoms with Crippen LogP contribution in [0.15, 0.2) is 59.7 Å². The van der Waals surface area contributed by atoms with Crippen LogP contribution in [-0.4, -0.2) is 15.4 Å². The van der Waals surface area contributed by atoms with Crippen molar-refractivity contribution in [3.63, 3.8) is 0 Å². The molecule has 0 fully saturated rings. The molecule has 0 atom stereocenters. The minimum absolute atomic E-state index is 0.0143. The van der Waals surface area contributed by atoms with E-state index in [4.69, 9.17) is 0 Å². The molecule has 20 heavy (non-hydrogen) atoms. The van der Waals surface area contributed by atoms with Gasteiger partial charge in [-0.3, -0.25) is 9.59 Å². The number of aromatic nitrogens is 2. The van der Waals surface area contributed by atoms with Crippen molar-refractivity contribution >= 4 is 17.2 Å². The van der Waals surface area contributed by atoms with Gasteiger partial charge in [0.15, 0.2) is 6.29 Å². The third kappa shape index (κ3) is 2.16. The standard InChI is InChI=1S/C16H14N2O2/c19-12-14-5-3-4-13-7-9-18(16(13)14)11-10-17-8-2-1-6-15(17)20/h1-9,12H,10-11H2. The number of carbonyl (C=O) groups excluding carboxylic acids is 1. The quantitative estimate of drug-likeness (QED) is 0.680. The summed E-state index contributed by atoms with van der Waals surface area (Å²) in [5, 5.41) is 1.04. The molecule has 0 spiro atoms. The number of pyridine rings is 1. The summed E-state index contributed by atoms with van der Waals surface area (Å²) in [6, 6.07) is 12.8. The van der Waals surface area contributed by atoms with Gasteiger partial charge in [0.25, 0.3) is 5.56 Å². The number of rotatable bonds is 4. The second-order valence-electron chi connectivity index (χ2n) is 4.64. The molecule has 0 aliphatic carbocycles. The summed E-state index contributed by atoms with van der Waals surface area (Å²) in [6.07, 6.45) is 4.59. The number of hydrogen-bond donors (Lipinski definition) is 0. The zero-order chi connectivity index (χ0) is 13.9. The van der Waals surface area contributed by atoms with Gasteiger partial charge in [-0.25, -0.2) is 0 Å². The normalized spacial score (nSPS) is 10.8. The molecule has 0 saturated carbocycles. The molecule has 1 aromatic carbocycles. The summed E-state index contributed by atoms with van der Waals surface area (Å²) in [7, 11) is 0. The Morgan fingerprint density at radius 3 is 2.55 bits per heavy atom. The highest BCUT2D eigenvalue weighted by Crippen LogP contribution is 2.19. The van der Waals surface area contributed by atoms with Crippen LogP contribution in [0.5, 0.6) is 0 Å². The first-order valence-corrected chi connectivity index (χ1v) is 6.48. The molecule has 3 aromatic rings. The van der Waals surface area contributed by atoms with Crippen LogP contribution in [0.4, 0.5) is 0 Å². The summed E-state index contributed by atoms with van der Waals surface area (Å²) >= 11 is 0. The van der Waals surface area contributed by atoms with Gasteiger partial charge in [0, 0.05) is 42.5 Å². The minimum Gasteiger partial charge on any atom is -0.345 e. The average molecular weight is 266 g/mol. The Balaban J connectivity index is 1.94. The van der Waals surface area contributed by atoms with Crippen LogP contribution < -0.4 is 5.56 Å². The Bertz CT molecular complexity index is 814. The maximum absolute atomic E-state index is 11.7. The predicted molar refractivity (Wildman–Crippen MR) is 78.0 cm³/mol. The number of aryl methyl sites for hydroxylation is 2. The van der Waals surface area contributed by atoms with Crippen LogP contribution in [-0.2, 0) is 13.1 Å². The summed E-state index contributed by atoms with van der Waals surface area (Å²) in [5.74, 6) is 0. The number of benzene rings is 1. The number of carbonyl (C=O) groups is 1. The topological polar surface area (TPSA) is 44.0 Å². The summed E-state index contributed by atoms with van der Waals surface area (Å²) < 4.78 is 3.67.